The Hall–Kier alpha value is -2.06. The topological polar surface area (TPSA) is 98.7 Å². The van der Waals surface area contributed by atoms with Crippen LogP contribution in [0.15, 0.2) is 30.3 Å². The average Bonchev–Trinajstić information content (AvgIpc) is 3.34. The van der Waals surface area contributed by atoms with Crippen molar-refractivity contribution in [3.63, 3.8) is 0 Å². The molecule has 162 valence electrons. The molecule has 1 aromatic carbocycles. The van der Waals surface area contributed by atoms with Gasteiger partial charge in [0, 0.05) is 32.0 Å². The Labute approximate surface area is 181 Å². The first-order valence-corrected chi connectivity index (χ1v) is 11.5. The van der Waals surface area contributed by atoms with E-state index in [0.717, 1.165) is 12.0 Å². The fraction of sp³-hybridized carbons (Fsp3) is 0.591. The lowest BCUT2D eigenvalue weighted by atomic mass is 9.66. The molecule has 0 saturated carbocycles. The van der Waals surface area contributed by atoms with E-state index in [-0.39, 0.29) is 35.5 Å². The van der Waals surface area contributed by atoms with Crippen LogP contribution in [-0.4, -0.2) is 64.0 Å². The van der Waals surface area contributed by atoms with Gasteiger partial charge in [0.1, 0.15) is 6.04 Å². The molecule has 3 amide bonds. The predicted octanol–water partition coefficient (Wildman–Crippen LogP) is 0.768. The van der Waals surface area contributed by atoms with Crippen LogP contribution in [-0.2, 0) is 20.9 Å². The Bertz CT molecular complexity index is 835. The molecule has 8 heteroatoms. The summed E-state index contributed by atoms with van der Waals surface area (Å²) in [4.78, 5) is 41.3. The second kappa shape index (κ2) is 8.23. The molecule has 1 spiro atoms. The van der Waals surface area contributed by atoms with Crippen LogP contribution in [0.2, 0.25) is 0 Å². The number of likely N-dealkylation sites (tertiary alicyclic amines) is 1. The average molecular weight is 432 g/mol. The normalized spacial score (nSPS) is 34.2. The van der Waals surface area contributed by atoms with Gasteiger partial charge in [-0.05, 0) is 24.3 Å². The van der Waals surface area contributed by atoms with E-state index in [1.54, 1.807) is 23.7 Å². The number of nitrogens with one attached hydrogen (secondary N) is 2. The smallest absolute Gasteiger partial charge is 0.244 e. The van der Waals surface area contributed by atoms with Crippen LogP contribution in [0.4, 0.5) is 0 Å². The Kier molecular flexibility index (Phi) is 5.81. The summed E-state index contributed by atoms with van der Waals surface area (Å²) >= 11 is 1.66. The lowest BCUT2D eigenvalue weighted by Crippen LogP contribution is -2.56. The van der Waals surface area contributed by atoms with E-state index in [2.05, 4.69) is 17.6 Å². The van der Waals surface area contributed by atoms with E-state index < -0.39 is 22.6 Å². The molecule has 6 atom stereocenters. The molecule has 3 fully saturated rings. The fourth-order valence-corrected chi connectivity index (χ4v) is 8.07. The number of aliphatic hydroxyl groups excluding tert-OH is 1. The first-order valence-electron chi connectivity index (χ1n) is 10.6. The van der Waals surface area contributed by atoms with Crippen molar-refractivity contribution in [1.82, 2.24) is 15.5 Å². The minimum Gasteiger partial charge on any atom is -0.396 e. The summed E-state index contributed by atoms with van der Waals surface area (Å²) in [6.07, 6.45) is 1.23. The SMILES string of the molecule is CNC(=O)[C@@H]1[C@H]2C(=O)N(CCCO)C(C(=O)NCc3ccccc3)C23S[C@@H]1CC3C. The highest BCUT2D eigenvalue weighted by Gasteiger charge is 2.75. The van der Waals surface area contributed by atoms with E-state index in [4.69, 9.17) is 0 Å². The molecule has 1 aromatic rings. The molecule has 2 bridgehead atoms. The lowest BCUT2D eigenvalue weighted by Gasteiger charge is -2.38. The highest BCUT2D eigenvalue weighted by molar-refractivity contribution is 8.02. The Morgan fingerprint density at radius 1 is 1.27 bits per heavy atom. The maximum atomic E-state index is 13.5. The number of carbonyl (C=O) groups excluding carboxylic acids is 3. The van der Waals surface area contributed by atoms with Crippen molar-refractivity contribution >= 4 is 29.5 Å². The first kappa shape index (κ1) is 21.2. The molecule has 3 heterocycles. The third-order valence-corrected chi connectivity index (χ3v) is 8.99. The highest BCUT2D eigenvalue weighted by Crippen LogP contribution is 2.68. The van der Waals surface area contributed by atoms with Gasteiger partial charge in [0.15, 0.2) is 0 Å². The summed E-state index contributed by atoms with van der Waals surface area (Å²) < 4.78 is -0.602. The zero-order valence-corrected chi connectivity index (χ0v) is 18.2. The van der Waals surface area contributed by atoms with E-state index in [1.807, 2.05) is 30.3 Å². The van der Waals surface area contributed by atoms with Crippen LogP contribution in [0.5, 0.6) is 0 Å². The van der Waals surface area contributed by atoms with Crippen LogP contribution in [0.25, 0.3) is 0 Å². The third-order valence-electron chi connectivity index (χ3n) is 6.91. The van der Waals surface area contributed by atoms with E-state index in [1.165, 1.54) is 0 Å². The van der Waals surface area contributed by atoms with Crippen LogP contribution < -0.4 is 10.6 Å². The number of thioether (sulfide) groups is 1. The van der Waals surface area contributed by atoms with Crippen LogP contribution in [0, 0.1) is 17.8 Å². The number of carbonyl (C=O) groups is 3. The van der Waals surface area contributed by atoms with Crippen molar-refractivity contribution in [2.75, 3.05) is 20.2 Å². The highest BCUT2D eigenvalue weighted by atomic mass is 32.2. The summed E-state index contributed by atoms with van der Waals surface area (Å²) in [5.74, 6) is -1.18. The fourth-order valence-electron chi connectivity index (χ4n) is 5.65. The molecule has 0 aliphatic carbocycles. The van der Waals surface area contributed by atoms with Crippen molar-refractivity contribution in [1.29, 1.82) is 0 Å². The van der Waals surface area contributed by atoms with Gasteiger partial charge in [0.25, 0.3) is 0 Å². The number of aliphatic hydroxyl groups is 1. The minimum atomic E-state index is -0.634. The predicted molar refractivity (Wildman–Crippen MR) is 114 cm³/mol. The van der Waals surface area contributed by atoms with E-state index in [0.29, 0.717) is 19.5 Å². The molecule has 4 rings (SSSR count). The van der Waals surface area contributed by atoms with Gasteiger partial charge < -0.3 is 20.6 Å². The van der Waals surface area contributed by atoms with Gasteiger partial charge >= 0.3 is 0 Å². The van der Waals surface area contributed by atoms with Gasteiger partial charge in [-0.3, -0.25) is 14.4 Å². The van der Waals surface area contributed by atoms with Crippen molar-refractivity contribution in [3.05, 3.63) is 35.9 Å². The molecule has 3 N–H and O–H groups in total. The molecule has 0 aromatic heterocycles. The molecule has 0 radical (unpaired) electrons. The third kappa shape index (κ3) is 3.12. The Morgan fingerprint density at radius 2 is 2.00 bits per heavy atom. The quantitative estimate of drug-likeness (QED) is 0.592. The van der Waals surface area contributed by atoms with Gasteiger partial charge in [-0.25, -0.2) is 0 Å². The number of hydrogen-bond donors (Lipinski definition) is 3. The van der Waals surface area contributed by atoms with E-state index in [9.17, 15) is 19.5 Å². The van der Waals surface area contributed by atoms with Gasteiger partial charge in [0.05, 0.1) is 16.6 Å². The summed E-state index contributed by atoms with van der Waals surface area (Å²) in [5, 5.41) is 15.1. The Morgan fingerprint density at radius 3 is 2.67 bits per heavy atom. The number of benzene rings is 1. The lowest BCUT2D eigenvalue weighted by molar-refractivity contribution is -0.140. The van der Waals surface area contributed by atoms with E-state index >= 15 is 0 Å². The zero-order valence-electron chi connectivity index (χ0n) is 17.3. The van der Waals surface area contributed by atoms with Crippen LogP contribution in [0.1, 0.15) is 25.3 Å². The van der Waals surface area contributed by atoms with Gasteiger partial charge in [0.2, 0.25) is 17.7 Å². The molecule has 3 aliphatic rings. The molecule has 3 saturated heterocycles. The Balaban J connectivity index is 1.66. The number of hydrogen-bond acceptors (Lipinski definition) is 5. The standard InChI is InChI=1S/C22H29N3O4S/c1-13-11-15-16(19(27)23-2)17-21(29)25(9-6-10-26)18(22(13,17)30-15)20(28)24-12-14-7-4-3-5-8-14/h3-5,7-8,13,15-18,26H,6,9-12H2,1-2H3,(H,23,27)(H,24,28)/t13?,15-,16+,17+,18?,22?/m1/s1. The monoisotopic (exact) mass is 431 g/mol. The zero-order chi connectivity index (χ0) is 21.5. The minimum absolute atomic E-state index is 0.0516. The largest absolute Gasteiger partial charge is 0.396 e. The summed E-state index contributed by atoms with van der Waals surface area (Å²) in [5.41, 5.74) is 0.991. The summed E-state index contributed by atoms with van der Waals surface area (Å²) in [6.45, 7) is 2.75. The maximum absolute atomic E-state index is 13.5. The number of rotatable bonds is 7. The van der Waals surface area contributed by atoms with Crippen molar-refractivity contribution < 1.29 is 19.5 Å². The van der Waals surface area contributed by atoms with Gasteiger partial charge in [-0.2, -0.15) is 0 Å². The van der Waals surface area contributed by atoms with Crippen molar-refractivity contribution in [3.8, 4) is 0 Å². The van der Waals surface area contributed by atoms with Gasteiger partial charge in [-0.1, -0.05) is 37.3 Å². The molecule has 30 heavy (non-hydrogen) atoms. The number of nitrogens with zero attached hydrogens (tertiary/aromatic N) is 1. The summed E-state index contributed by atoms with van der Waals surface area (Å²) in [6, 6.07) is 9.04. The maximum Gasteiger partial charge on any atom is 0.244 e. The molecular weight excluding hydrogens is 402 g/mol. The second-order valence-electron chi connectivity index (χ2n) is 8.48. The first-order chi connectivity index (χ1) is 14.5. The van der Waals surface area contributed by atoms with Crippen molar-refractivity contribution in [2.45, 2.75) is 42.3 Å². The molecule has 3 unspecified atom stereocenters. The van der Waals surface area contributed by atoms with Crippen LogP contribution in [0.3, 0.4) is 0 Å². The number of fused-ring (bicyclic) bond motifs is 1. The molecule has 3 aliphatic heterocycles. The number of amides is 3. The van der Waals surface area contributed by atoms with Crippen LogP contribution >= 0.6 is 11.8 Å². The summed E-state index contributed by atoms with van der Waals surface area (Å²) in [7, 11) is 1.60. The second-order valence-corrected chi connectivity index (χ2v) is 10.0. The molecule has 7 nitrogen and oxygen atoms in total. The molecular formula is C22H29N3O4S. The van der Waals surface area contributed by atoms with Crippen molar-refractivity contribution in [2.24, 2.45) is 17.8 Å². The van der Waals surface area contributed by atoms with Gasteiger partial charge in [-0.15, -0.1) is 11.8 Å².